The first-order valence-corrected chi connectivity index (χ1v) is 6.39. The van der Waals surface area contributed by atoms with E-state index in [0.29, 0.717) is 0 Å². The molecule has 1 aromatic carbocycles. The highest BCUT2D eigenvalue weighted by Gasteiger charge is 2.06. The van der Waals surface area contributed by atoms with Crippen molar-refractivity contribution in [2.24, 2.45) is 0 Å². The fraction of sp³-hybridized carbons (Fsp3) is 0.158. The molecular formula is C19H22. The standard InChI is InChI=1S/C19H22/c1-7-10-15(4)17(6)13-19(14(2)3)18-12-9-8-11-16(18)5/h7-13H,1-2,6H2,3-5H3/b15-10+,19-13-. The average molecular weight is 250 g/mol. The number of aryl methyl sites for hydroxylation is 1. The Kier molecular flexibility index (Phi) is 5.32. The molecule has 0 unspecified atom stereocenters. The molecule has 1 aromatic rings. The zero-order valence-corrected chi connectivity index (χ0v) is 12.2. The van der Waals surface area contributed by atoms with Crippen LogP contribution in [0.3, 0.4) is 0 Å². The van der Waals surface area contributed by atoms with Crippen LogP contribution < -0.4 is 0 Å². The second-order valence-corrected chi connectivity index (χ2v) is 4.76. The number of hydrogen-bond donors (Lipinski definition) is 0. The minimum Gasteiger partial charge on any atom is -0.0991 e. The predicted molar refractivity (Wildman–Crippen MR) is 87.1 cm³/mol. The summed E-state index contributed by atoms with van der Waals surface area (Å²) in [7, 11) is 0. The molecule has 0 saturated heterocycles. The molecule has 0 fully saturated rings. The molecule has 0 radical (unpaired) electrons. The van der Waals surface area contributed by atoms with Gasteiger partial charge in [0.2, 0.25) is 0 Å². The van der Waals surface area contributed by atoms with Gasteiger partial charge in [0, 0.05) is 0 Å². The van der Waals surface area contributed by atoms with Crippen LogP contribution in [0.15, 0.2) is 78.9 Å². The Hall–Kier alpha value is -2.08. The van der Waals surface area contributed by atoms with Crippen LogP contribution in [0, 0.1) is 6.92 Å². The molecule has 0 aliphatic heterocycles. The SMILES string of the molecule is C=C/C=C(\C)C(=C)/C=C(/C(=C)C)c1ccccc1C. The van der Waals surface area contributed by atoms with E-state index in [1.165, 1.54) is 11.1 Å². The highest BCUT2D eigenvalue weighted by atomic mass is 14.1. The molecule has 0 aliphatic rings. The lowest BCUT2D eigenvalue weighted by Crippen LogP contribution is -1.91. The van der Waals surface area contributed by atoms with E-state index in [9.17, 15) is 0 Å². The van der Waals surface area contributed by atoms with Crippen molar-refractivity contribution in [2.45, 2.75) is 20.8 Å². The normalized spacial score (nSPS) is 12.2. The third-order valence-electron chi connectivity index (χ3n) is 3.09. The summed E-state index contributed by atoms with van der Waals surface area (Å²) in [6.45, 7) is 18.1. The zero-order chi connectivity index (χ0) is 14.4. The van der Waals surface area contributed by atoms with Gasteiger partial charge < -0.3 is 0 Å². The summed E-state index contributed by atoms with van der Waals surface area (Å²) < 4.78 is 0. The van der Waals surface area contributed by atoms with Crippen molar-refractivity contribution in [3.8, 4) is 0 Å². The van der Waals surface area contributed by atoms with Gasteiger partial charge in [0.25, 0.3) is 0 Å². The van der Waals surface area contributed by atoms with Gasteiger partial charge in [-0.3, -0.25) is 0 Å². The van der Waals surface area contributed by atoms with E-state index in [-0.39, 0.29) is 0 Å². The Morgan fingerprint density at radius 2 is 1.74 bits per heavy atom. The van der Waals surface area contributed by atoms with Crippen LogP contribution in [-0.2, 0) is 0 Å². The van der Waals surface area contributed by atoms with E-state index in [0.717, 1.165) is 22.3 Å². The summed E-state index contributed by atoms with van der Waals surface area (Å²) in [5, 5.41) is 0. The highest BCUT2D eigenvalue weighted by molar-refractivity contribution is 5.81. The maximum Gasteiger partial charge on any atom is -0.0152 e. The fourth-order valence-electron chi connectivity index (χ4n) is 1.88. The number of allylic oxidation sites excluding steroid dienone is 7. The molecule has 0 heterocycles. The molecule has 19 heavy (non-hydrogen) atoms. The highest BCUT2D eigenvalue weighted by Crippen LogP contribution is 2.27. The maximum absolute atomic E-state index is 4.12. The second-order valence-electron chi connectivity index (χ2n) is 4.76. The minimum absolute atomic E-state index is 0.987. The second kappa shape index (κ2) is 6.75. The zero-order valence-electron chi connectivity index (χ0n) is 12.2. The molecule has 0 N–H and O–H groups in total. The molecule has 0 aliphatic carbocycles. The fourth-order valence-corrected chi connectivity index (χ4v) is 1.88. The van der Waals surface area contributed by atoms with Crippen molar-refractivity contribution in [2.75, 3.05) is 0 Å². The Bertz CT molecular complexity index is 565. The van der Waals surface area contributed by atoms with Crippen LogP contribution in [0.1, 0.15) is 25.0 Å². The number of rotatable bonds is 5. The molecule has 0 heteroatoms. The molecule has 0 aromatic heterocycles. The summed E-state index contributed by atoms with van der Waals surface area (Å²) in [6.07, 6.45) is 5.84. The van der Waals surface area contributed by atoms with E-state index in [4.69, 9.17) is 0 Å². The van der Waals surface area contributed by atoms with Gasteiger partial charge in [0.15, 0.2) is 0 Å². The van der Waals surface area contributed by atoms with Crippen LogP contribution in [0.25, 0.3) is 5.57 Å². The largest absolute Gasteiger partial charge is 0.0991 e. The monoisotopic (exact) mass is 250 g/mol. The third kappa shape index (κ3) is 3.96. The Labute approximate surface area is 117 Å². The van der Waals surface area contributed by atoms with E-state index < -0.39 is 0 Å². The molecule has 1 rings (SSSR count). The lowest BCUT2D eigenvalue weighted by molar-refractivity contribution is 1.38. The molecule has 0 spiro atoms. The average Bonchev–Trinajstić information content (AvgIpc) is 2.36. The summed E-state index contributed by atoms with van der Waals surface area (Å²) in [5.41, 5.74) is 6.74. The molecule has 0 bridgehead atoms. The van der Waals surface area contributed by atoms with E-state index in [1.807, 2.05) is 32.1 Å². The van der Waals surface area contributed by atoms with E-state index in [2.05, 4.69) is 44.9 Å². The number of benzene rings is 1. The van der Waals surface area contributed by atoms with Crippen LogP contribution >= 0.6 is 0 Å². The smallest absolute Gasteiger partial charge is 0.0152 e. The first-order chi connectivity index (χ1) is 8.97. The van der Waals surface area contributed by atoms with Gasteiger partial charge in [-0.15, -0.1) is 0 Å². The van der Waals surface area contributed by atoms with Crippen molar-refractivity contribution < 1.29 is 0 Å². The van der Waals surface area contributed by atoms with Gasteiger partial charge in [-0.2, -0.15) is 0 Å². The summed E-state index contributed by atoms with van der Waals surface area (Å²) in [5.74, 6) is 0. The number of hydrogen-bond acceptors (Lipinski definition) is 0. The molecule has 0 amide bonds. The van der Waals surface area contributed by atoms with Crippen molar-refractivity contribution in [1.82, 2.24) is 0 Å². The van der Waals surface area contributed by atoms with Crippen LogP contribution in [0.5, 0.6) is 0 Å². The molecule has 0 nitrogen and oxygen atoms in total. The molecular weight excluding hydrogens is 228 g/mol. The van der Waals surface area contributed by atoms with E-state index in [1.54, 1.807) is 6.08 Å². The van der Waals surface area contributed by atoms with Crippen molar-refractivity contribution in [3.63, 3.8) is 0 Å². The summed E-state index contributed by atoms with van der Waals surface area (Å²) >= 11 is 0. The molecule has 0 saturated carbocycles. The summed E-state index contributed by atoms with van der Waals surface area (Å²) in [4.78, 5) is 0. The first kappa shape index (κ1) is 15.0. The summed E-state index contributed by atoms with van der Waals surface area (Å²) in [6, 6.07) is 8.33. The predicted octanol–water partition coefficient (Wildman–Crippen LogP) is 5.64. The lowest BCUT2D eigenvalue weighted by atomic mass is 9.93. The van der Waals surface area contributed by atoms with Crippen molar-refractivity contribution in [3.05, 3.63) is 90.1 Å². The minimum atomic E-state index is 0.987. The topological polar surface area (TPSA) is 0 Å². The van der Waals surface area contributed by atoms with Gasteiger partial charge in [0.1, 0.15) is 0 Å². The van der Waals surface area contributed by atoms with Gasteiger partial charge >= 0.3 is 0 Å². The first-order valence-electron chi connectivity index (χ1n) is 6.39. The molecule has 0 atom stereocenters. The van der Waals surface area contributed by atoms with Crippen LogP contribution in [0.4, 0.5) is 0 Å². The van der Waals surface area contributed by atoms with Crippen LogP contribution in [0.2, 0.25) is 0 Å². The Morgan fingerprint density at radius 1 is 1.11 bits per heavy atom. The van der Waals surface area contributed by atoms with Crippen molar-refractivity contribution >= 4 is 5.57 Å². The lowest BCUT2D eigenvalue weighted by Gasteiger charge is -2.12. The van der Waals surface area contributed by atoms with Gasteiger partial charge in [0.05, 0.1) is 0 Å². The quantitative estimate of drug-likeness (QED) is 0.593. The van der Waals surface area contributed by atoms with Gasteiger partial charge in [-0.1, -0.05) is 61.7 Å². The van der Waals surface area contributed by atoms with Crippen LogP contribution in [-0.4, -0.2) is 0 Å². The van der Waals surface area contributed by atoms with Gasteiger partial charge in [-0.25, -0.2) is 0 Å². The maximum atomic E-state index is 4.12. The van der Waals surface area contributed by atoms with Crippen molar-refractivity contribution in [1.29, 1.82) is 0 Å². The van der Waals surface area contributed by atoms with Gasteiger partial charge in [-0.05, 0) is 54.7 Å². The Balaban J connectivity index is 3.27. The Morgan fingerprint density at radius 3 is 2.26 bits per heavy atom. The third-order valence-corrected chi connectivity index (χ3v) is 3.09. The molecule has 98 valence electrons. The van der Waals surface area contributed by atoms with E-state index >= 15 is 0 Å².